The van der Waals surface area contributed by atoms with E-state index in [1.165, 1.54) is 12.1 Å². The molecule has 2 aromatic rings. The topological polar surface area (TPSA) is 35.2 Å². The van der Waals surface area contributed by atoms with E-state index in [1.54, 1.807) is 6.07 Å². The minimum atomic E-state index is -0.337. The summed E-state index contributed by atoms with van der Waals surface area (Å²) in [5, 5.41) is 0. The Morgan fingerprint density at radius 1 is 1.22 bits per heavy atom. The highest BCUT2D eigenvalue weighted by atomic mass is 79.9. The van der Waals surface area contributed by atoms with E-state index in [9.17, 15) is 4.39 Å². The number of hydrogen-bond donors (Lipinski definition) is 1. The van der Waals surface area contributed by atoms with Crippen LogP contribution in [0.2, 0.25) is 0 Å². The second kappa shape index (κ2) is 5.40. The molecule has 0 radical (unpaired) electrons. The first kappa shape index (κ1) is 12.9. The lowest BCUT2D eigenvalue weighted by Gasteiger charge is -2.09. The summed E-state index contributed by atoms with van der Waals surface area (Å²) in [6, 6.07) is 10.0. The highest BCUT2D eigenvalue weighted by molar-refractivity contribution is 9.10. The number of rotatable bonds is 3. The van der Waals surface area contributed by atoms with Crippen molar-refractivity contribution < 1.29 is 9.13 Å². The van der Waals surface area contributed by atoms with Crippen LogP contribution in [0.15, 0.2) is 40.9 Å². The molecule has 2 rings (SSSR count). The average Bonchev–Trinajstić information content (AvgIpc) is 2.32. The Bertz CT molecular complexity index is 572. The summed E-state index contributed by atoms with van der Waals surface area (Å²) < 4.78 is 19.5. The molecule has 0 heterocycles. The first-order valence-electron chi connectivity index (χ1n) is 5.49. The van der Waals surface area contributed by atoms with Gasteiger partial charge in [0.15, 0.2) is 0 Å². The molecule has 0 spiro atoms. The van der Waals surface area contributed by atoms with Crippen LogP contribution in [0.25, 0.3) is 0 Å². The molecule has 0 aliphatic rings. The Morgan fingerprint density at radius 3 is 2.67 bits per heavy atom. The number of hydrogen-bond acceptors (Lipinski definition) is 2. The van der Waals surface area contributed by atoms with Gasteiger partial charge in [-0.05, 0) is 42.8 Å². The summed E-state index contributed by atoms with van der Waals surface area (Å²) in [4.78, 5) is 0. The van der Waals surface area contributed by atoms with E-state index in [0.717, 1.165) is 21.3 Å². The third kappa shape index (κ3) is 3.01. The summed E-state index contributed by atoms with van der Waals surface area (Å²) in [5.41, 5.74) is 7.99. The van der Waals surface area contributed by atoms with Crippen LogP contribution < -0.4 is 10.5 Å². The first-order chi connectivity index (χ1) is 8.56. The molecule has 0 atom stereocenters. The zero-order valence-electron chi connectivity index (χ0n) is 9.91. The van der Waals surface area contributed by atoms with E-state index in [-0.39, 0.29) is 5.82 Å². The van der Waals surface area contributed by atoms with Crippen LogP contribution in [-0.4, -0.2) is 0 Å². The molecule has 0 aliphatic carbocycles. The molecule has 2 nitrogen and oxygen atoms in total. The minimum absolute atomic E-state index is 0.327. The number of aryl methyl sites for hydroxylation is 1. The van der Waals surface area contributed by atoms with Crippen molar-refractivity contribution in [2.24, 2.45) is 0 Å². The maximum absolute atomic E-state index is 12.9. The number of anilines is 1. The molecule has 0 aromatic heterocycles. The maximum Gasteiger partial charge on any atom is 0.125 e. The molecule has 0 saturated carbocycles. The smallest absolute Gasteiger partial charge is 0.125 e. The zero-order chi connectivity index (χ0) is 13.1. The Balaban J connectivity index is 2.09. The third-order valence-corrected chi connectivity index (χ3v) is 3.52. The summed E-state index contributed by atoms with van der Waals surface area (Å²) in [6.45, 7) is 2.32. The second-order valence-corrected chi connectivity index (χ2v) is 4.90. The van der Waals surface area contributed by atoms with Gasteiger partial charge in [-0.3, -0.25) is 0 Å². The number of ether oxygens (including phenoxy) is 1. The summed E-state index contributed by atoms with van der Waals surface area (Å²) >= 11 is 3.43. The van der Waals surface area contributed by atoms with E-state index in [4.69, 9.17) is 10.5 Å². The van der Waals surface area contributed by atoms with E-state index < -0.39 is 0 Å². The van der Waals surface area contributed by atoms with E-state index in [2.05, 4.69) is 15.9 Å². The van der Waals surface area contributed by atoms with Gasteiger partial charge in [0.25, 0.3) is 0 Å². The highest BCUT2D eigenvalue weighted by Crippen LogP contribution is 2.23. The van der Waals surface area contributed by atoms with Gasteiger partial charge < -0.3 is 10.5 Å². The van der Waals surface area contributed by atoms with Gasteiger partial charge in [-0.1, -0.05) is 22.0 Å². The Kier molecular flexibility index (Phi) is 3.87. The summed E-state index contributed by atoms with van der Waals surface area (Å²) in [6.07, 6.45) is 0. The molecule has 0 aliphatic heterocycles. The van der Waals surface area contributed by atoms with Crippen molar-refractivity contribution in [3.05, 3.63) is 57.8 Å². The van der Waals surface area contributed by atoms with Gasteiger partial charge in [0.05, 0.1) is 0 Å². The number of halogens is 2. The van der Waals surface area contributed by atoms with Crippen LogP contribution in [0.5, 0.6) is 5.75 Å². The molecule has 4 heteroatoms. The fourth-order valence-corrected chi connectivity index (χ4v) is 1.81. The quantitative estimate of drug-likeness (QED) is 0.868. The molecule has 0 bridgehead atoms. The van der Waals surface area contributed by atoms with Crippen molar-refractivity contribution in [2.75, 3.05) is 5.73 Å². The van der Waals surface area contributed by atoms with Crippen molar-refractivity contribution in [1.82, 2.24) is 0 Å². The van der Waals surface area contributed by atoms with Gasteiger partial charge in [-0.15, -0.1) is 0 Å². The largest absolute Gasteiger partial charge is 0.489 e. The van der Waals surface area contributed by atoms with Crippen molar-refractivity contribution in [3.63, 3.8) is 0 Å². The van der Waals surface area contributed by atoms with Crippen molar-refractivity contribution in [3.8, 4) is 5.75 Å². The molecule has 18 heavy (non-hydrogen) atoms. The average molecular weight is 310 g/mol. The second-order valence-electron chi connectivity index (χ2n) is 4.04. The standard InChI is InChI=1S/C14H13BrFNO/c1-9-6-12(4-5-13(9)15)18-8-10-2-3-11(16)7-14(10)17/h2-7H,8,17H2,1H3. The van der Waals surface area contributed by atoms with Gasteiger partial charge in [0, 0.05) is 15.7 Å². The van der Waals surface area contributed by atoms with Crippen LogP contribution in [0.1, 0.15) is 11.1 Å². The van der Waals surface area contributed by atoms with Crippen LogP contribution in [0.4, 0.5) is 10.1 Å². The molecule has 2 aromatic carbocycles. The third-order valence-electron chi connectivity index (χ3n) is 2.63. The summed E-state index contributed by atoms with van der Waals surface area (Å²) in [7, 11) is 0. The molecule has 2 N–H and O–H groups in total. The fraction of sp³-hybridized carbons (Fsp3) is 0.143. The predicted molar refractivity (Wildman–Crippen MR) is 74.0 cm³/mol. The van der Waals surface area contributed by atoms with E-state index in [0.29, 0.717) is 12.3 Å². The monoisotopic (exact) mass is 309 g/mol. The van der Waals surface area contributed by atoms with Crippen molar-refractivity contribution in [2.45, 2.75) is 13.5 Å². The van der Waals surface area contributed by atoms with Crippen LogP contribution in [0.3, 0.4) is 0 Å². The lowest BCUT2D eigenvalue weighted by molar-refractivity contribution is 0.306. The van der Waals surface area contributed by atoms with Gasteiger partial charge in [0.1, 0.15) is 18.2 Å². The minimum Gasteiger partial charge on any atom is -0.489 e. The Morgan fingerprint density at radius 2 is 2.00 bits per heavy atom. The molecular weight excluding hydrogens is 297 g/mol. The molecule has 94 valence electrons. The first-order valence-corrected chi connectivity index (χ1v) is 6.28. The number of nitrogen functional groups attached to an aromatic ring is 1. The Hall–Kier alpha value is -1.55. The van der Waals surface area contributed by atoms with Crippen LogP contribution in [-0.2, 0) is 6.61 Å². The van der Waals surface area contributed by atoms with Gasteiger partial charge in [-0.2, -0.15) is 0 Å². The highest BCUT2D eigenvalue weighted by Gasteiger charge is 2.03. The predicted octanol–water partition coefficient (Wildman–Crippen LogP) is 4.06. The van der Waals surface area contributed by atoms with Crippen LogP contribution in [0, 0.1) is 12.7 Å². The fourth-order valence-electron chi connectivity index (χ4n) is 1.57. The molecule has 0 amide bonds. The lowest BCUT2D eigenvalue weighted by atomic mass is 10.2. The molecular formula is C14H13BrFNO. The SMILES string of the molecule is Cc1cc(OCc2ccc(F)cc2N)ccc1Br. The van der Waals surface area contributed by atoms with Crippen LogP contribution >= 0.6 is 15.9 Å². The number of nitrogens with two attached hydrogens (primary N) is 1. The van der Waals surface area contributed by atoms with Gasteiger partial charge >= 0.3 is 0 Å². The zero-order valence-corrected chi connectivity index (χ0v) is 11.5. The molecule has 0 saturated heterocycles. The van der Waals surface area contributed by atoms with Gasteiger partial charge in [0.2, 0.25) is 0 Å². The van der Waals surface area contributed by atoms with E-state index in [1.807, 2.05) is 25.1 Å². The van der Waals surface area contributed by atoms with Crippen molar-refractivity contribution in [1.29, 1.82) is 0 Å². The molecule has 0 unspecified atom stereocenters. The molecule has 0 fully saturated rings. The normalized spacial score (nSPS) is 10.4. The van der Waals surface area contributed by atoms with Gasteiger partial charge in [-0.25, -0.2) is 4.39 Å². The Labute approximate surface area is 114 Å². The summed E-state index contributed by atoms with van der Waals surface area (Å²) in [5.74, 6) is 0.426. The van der Waals surface area contributed by atoms with E-state index >= 15 is 0 Å². The lowest BCUT2D eigenvalue weighted by Crippen LogP contribution is -2.00. The number of benzene rings is 2. The van der Waals surface area contributed by atoms with Crippen molar-refractivity contribution >= 4 is 21.6 Å². The maximum atomic E-state index is 12.9.